The lowest BCUT2D eigenvalue weighted by atomic mass is 10.5. The van der Waals surface area contributed by atoms with Gasteiger partial charge in [-0.15, -0.1) is 0 Å². The van der Waals surface area contributed by atoms with Gasteiger partial charge < -0.3 is 9.84 Å². The topological polar surface area (TPSA) is 87.4 Å². The summed E-state index contributed by atoms with van der Waals surface area (Å²) in [7, 11) is 1.35. The Kier molecular flexibility index (Phi) is 9.30. The van der Waals surface area contributed by atoms with E-state index >= 15 is 0 Å². The molecule has 0 bridgehead atoms. The number of nitrogens with zero attached hydrogens (tertiary/aromatic N) is 1. The van der Waals surface area contributed by atoms with Crippen molar-refractivity contribution in [2.24, 2.45) is 0 Å². The Morgan fingerprint density at radius 3 is 2.00 bits per heavy atom. The van der Waals surface area contributed by atoms with Gasteiger partial charge in [0.25, 0.3) is 0 Å². The fourth-order valence-corrected chi connectivity index (χ4v) is 0.0676. The minimum atomic E-state index is -1.07. The molecule has 0 atom stereocenters. The van der Waals surface area contributed by atoms with Gasteiger partial charge in [-0.25, -0.2) is 0 Å². The van der Waals surface area contributed by atoms with E-state index in [-0.39, 0.29) is 5.97 Å². The van der Waals surface area contributed by atoms with Crippen molar-refractivity contribution >= 4 is 11.9 Å². The predicted molar refractivity (Wildman–Crippen MR) is 35.6 cm³/mol. The van der Waals surface area contributed by atoms with Crippen LogP contribution in [0.2, 0.25) is 0 Å². The smallest absolute Gasteiger partial charge is 0.317 e. The van der Waals surface area contributed by atoms with Crippen LogP contribution < -0.4 is 0 Å². The average Bonchev–Trinajstić information content (AvgIpc) is 1.89. The number of methoxy groups -OCH3 is 1. The summed E-state index contributed by atoms with van der Waals surface area (Å²) >= 11 is 0. The van der Waals surface area contributed by atoms with E-state index in [1.165, 1.54) is 20.1 Å². The van der Waals surface area contributed by atoms with E-state index in [1.807, 2.05) is 0 Å². The fraction of sp³-hybridized carbons (Fsp3) is 0.500. The molecule has 0 heterocycles. The summed E-state index contributed by atoms with van der Waals surface area (Å²) in [5.74, 6) is -1.32. The number of carboxylic acids is 1. The molecule has 0 radical (unpaired) electrons. The van der Waals surface area contributed by atoms with Crippen molar-refractivity contribution < 1.29 is 19.4 Å². The molecule has 0 aliphatic heterocycles. The first kappa shape index (κ1) is 12.1. The first-order valence-corrected chi connectivity index (χ1v) is 2.67. The van der Waals surface area contributed by atoms with Crippen molar-refractivity contribution in [1.29, 1.82) is 5.26 Å². The van der Waals surface area contributed by atoms with E-state index in [9.17, 15) is 9.59 Å². The average molecular weight is 159 g/mol. The van der Waals surface area contributed by atoms with Crippen molar-refractivity contribution in [3.8, 4) is 6.07 Å². The Hall–Kier alpha value is -1.57. The first-order valence-electron chi connectivity index (χ1n) is 2.67. The first-order chi connectivity index (χ1) is 5.04. The quantitative estimate of drug-likeness (QED) is 0.551. The van der Waals surface area contributed by atoms with Gasteiger partial charge in [0, 0.05) is 6.92 Å². The monoisotopic (exact) mass is 159 g/mol. The van der Waals surface area contributed by atoms with Gasteiger partial charge in [0.1, 0.15) is 6.42 Å². The van der Waals surface area contributed by atoms with Crippen LogP contribution in [0.5, 0.6) is 0 Å². The summed E-state index contributed by atoms with van der Waals surface area (Å²) in [4.78, 5) is 19.0. The van der Waals surface area contributed by atoms with Gasteiger partial charge in [-0.2, -0.15) is 5.26 Å². The third-order valence-corrected chi connectivity index (χ3v) is 0.518. The third kappa shape index (κ3) is 29.6. The zero-order valence-corrected chi connectivity index (χ0v) is 6.33. The van der Waals surface area contributed by atoms with E-state index < -0.39 is 12.4 Å². The Bertz CT molecular complexity index is 170. The van der Waals surface area contributed by atoms with Crippen molar-refractivity contribution in [3.63, 3.8) is 0 Å². The van der Waals surface area contributed by atoms with Gasteiger partial charge in [-0.1, -0.05) is 0 Å². The molecule has 0 aliphatic rings. The molecule has 0 amide bonds. The molecule has 0 rings (SSSR count). The van der Waals surface area contributed by atoms with Crippen LogP contribution in [0.1, 0.15) is 13.3 Å². The Morgan fingerprint density at radius 2 is 2.00 bits per heavy atom. The summed E-state index contributed by atoms with van der Waals surface area (Å²) in [5.41, 5.74) is 0. The highest BCUT2D eigenvalue weighted by atomic mass is 16.5. The summed E-state index contributed by atoms with van der Waals surface area (Å²) in [5, 5.41) is 15.3. The standard InChI is InChI=1S/C3H3NO2.C3H6O2/c4-2-1-3(5)6;1-3(4)5-2/h1H2,(H,5,6);1-2H3. The molecular formula is C6H9NO4. The molecule has 0 aromatic heterocycles. The van der Waals surface area contributed by atoms with Gasteiger partial charge in [0.05, 0.1) is 13.2 Å². The molecule has 5 heteroatoms. The third-order valence-electron chi connectivity index (χ3n) is 0.518. The number of carboxylic acid groups (broad SMARTS) is 1. The highest BCUT2D eigenvalue weighted by Gasteiger charge is 1.87. The number of ether oxygens (including phenoxy) is 1. The van der Waals surface area contributed by atoms with Crippen LogP contribution in [-0.4, -0.2) is 24.2 Å². The van der Waals surface area contributed by atoms with E-state index in [4.69, 9.17) is 10.4 Å². The molecule has 0 saturated heterocycles. The lowest BCUT2D eigenvalue weighted by Gasteiger charge is -1.80. The molecule has 1 N–H and O–H groups in total. The van der Waals surface area contributed by atoms with E-state index in [2.05, 4.69) is 4.74 Å². The molecule has 0 unspecified atom stereocenters. The maximum absolute atomic E-state index is 9.59. The number of hydrogen-bond donors (Lipinski definition) is 1. The second-order valence-corrected chi connectivity index (χ2v) is 1.42. The van der Waals surface area contributed by atoms with Gasteiger partial charge in [-0.05, 0) is 0 Å². The minimum absolute atomic E-state index is 0.245. The SMILES string of the molecule is COC(C)=O.N#CCC(=O)O. The van der Waals surface area contributed by atoms with Crippen LogP contribution in [0.15, 0.2) is 0 Å². The van der Waals surface area contributed by atoms with Crippen LogP contribution >= 0.6 is 0 Å². The van der Waals surface area contributed by atoms with Crippen LogP contribution in [0.25, 0.3) is 0 Å². The summed E-state index contributed by atoms with van der Waals surface area (Å²) in [6, 6.07) is 1.47. The molecule has 0 aromatic rings. The van der Waals surface area contributed by atoms with Crippen molar-refractivity contribution in [1.82, 2.24) is 0 Å². The normalized spacial score (nSPS) is 6.64. The largest absolute Gasteiger partial charge is 0.480 e. The number of nitriles is 1. The molecular weight excluding hydrogens is 150 g/mol. The molecule has 0 aliphatic carbocycles. The Morgan fingerprint density at radius 1 is 1.64 bits per heavy atom. The van der Waals surface area contributed by atoms with Gasteiger partial charge in [0.2, 0.25) is 0 Å². The number of carbonyl (C=O) groups is 2. The van der Waals surface area contributed by atoms with Gasteiger partial charge in [0.15, 0.2) is 0 Å². The number of carbonyl (C=O) groups excluding carboxylic acids is 1. The zero-order valence-electron chi connectivity index (χ0n) is 6.33. The van der Waals surface area contributed by atoms with Crippen molar-refractivity contribution in [2.75, 3.05) is 7.11 Å². The number of aliphatic carboxylic acids is 1. The summed E-state index contributed by atoms with van der Waals surface area (Å²) in [6.45, 7) is 1.36. The van der Waals surface area contributed by atoms with Crippen molar-refractivity contribution in [3.05, 3.63) is 0 Å². The maximum Gasteiger partial charge on any atom is 0.317 e. The van der Waals surface area contributed by atoms with Crippen LogP contribution in [0, 0.1) is 11.3 Å². The minimum Gasteiger partial charge on any atom is -0.480 e. The number of rotatable bonds is 1. The van der Waals surface area contributed by atoms with Crippen LogP contribution in [0.4, 0.5) is 0 Å². The van der Waals surface area contributed by atoms with Crippen LogP contribution in [0.3, 0.4) is 0 Å². The second kappa shape index (κ2) is 8.43. The Labute approximate surface area is 64.2 Å². The number of esters is 1. The second-order valence-electron chi connectivity index (χ2n) is 1.42. The lowest BCUT2D eigenvalue weighted by molar-refractivity contribution is -0.138. The van der Waals surface area contributed by atoms with Crippen molar-refractivity contribution in [2.45, 2.75) is 13.3 Å². The molecule has 0 aromatic carbocycles. The fourth-order valence-electron chi connectivity index (χ4n) is 0.0676. The molecule has 0 spiro atoms. The van der Waals surface area contributed by atoms with Gasteiger partial charge >= 0.3 is 11.9 Å². The maximum atomic E-state index is 9.59. The predicted octanol–water partition coefficient (Wildman–Crippen LogP) is 0.164. The van der Waals surface area contributed by atoms with E-state index in [0.29, 0.717) is 0 Å². The molecule has 11 heavy (non-hydrogen) atoms. The van der Waals surface area contributed by atoms with E-state index in [0.717, 1.165) is 0 Å². The summed E-state index contributed by atoms with van der Waals surface area (Å²) in [6.07, 6.45) is -0.403. The van der Waals surface area contributed by atoms with E-state index in [1.54, 1.807) is 0 Å². The molecule has 5 nitrogen and oxygen atoms in total. The van der Waals surface area contributed by atoms with Crippen LogP contribution in [-0.2, 0) is 14.3 Å². The highest BCUT2D eigenvalue weighted by molar-refractivity contribution is 5.69. The lowest BCUT2D eigenvalue weighted by Crippen LogP contribution is -1.88. The Balaban J connectivity index is 0. The zero-order chi connectivity index (χ0) is 9.28. The number of hydrogen-bond acceptors (Lipinski definition) is 4. The molecule has 0 fully saturated rings. The van der Waals surface area contributed by atoms with Gasteiger partial charge in [-0.3, -0.25) is 9.59 Å². The molecule has 0 saturated carbocycles. The molecule has 62 valence electrons. The summed E-state index contributed by atoms with van der Waals surface area (Å²) < 4.78 is 4.11. The highest BCUT2D eigenvalue weighted by Crippen LogP contribution is 1.68.